The van der Waals surface area contributed by atoms with Crippen LogP contribution >= 0.6 is 0 Å². The predicted molar refractivity (Wildman–Crippen MR) is 215 cm³/mol. The Bertz CT molecular complexity index is 2220. The average molecular weight is 886 g/mol. The minimum Gasteiger partial charge on any atom is -0.509 e. The molecule has 7 rings (SSSR count). The van der Waals surface area contributed by atoms with Crippen molar-refractivity contribution in [1.82, 2.24) is 19.3 Å². The molecule has 0 fully saturated rings. The van der Waals surface area contributed by atoms with E-state index in [1.54, 1.807) is 5.57 Å². The number of nitrogens with zero attached hydrogens (tertiary/aromatic N) is 4. The van der Waals surface area contributed by atoms with Crippen LogP contribution in [-0.2, 0) is 40.3 Å². The number of aromatic nitrogens is 4. The Morgan fingerprint density at radius 2 is 1.72 bits per heavy atom. The largest absolute Gasteiger partial charge is 2.00 e. The Morgan fingerprint density at radius 3 is 2.45 bits per heavy atom. The van der Waals surface area contributed by atoms with E-state index in [0.29, 0.717) is 29.3 Å². The average Bonchev–Trinajstić information content (AvgIpc) is 3.71. The first kappa shape index (κ1) is 38.8. The fraction of sp³-hybridized carbons (Fsp3) is 0.404. The number of benzene rings is 3. The van der Waals surface area contributed by atoms with E-state index < -0.39 is 0 Å². The number of aryl methyl sites for hydroxylation is 2. The summed E-state index contributed by atoms with van der Waals surface area (Å²) < 4.78 is 11.1. The van der Waals surface area contributed by atoms with Crippen molar-refractivity contribution in [2.45, 2.75) is 118 Å². The number of pyridine rings is 1. The Kier molecular flexibility index (Phi) is 12.4. The maximum absolute atomic E-state index is 6.73. The SMILES string of the molecule is CCCCc1ccnc(-n2c3[c-]c(Oc4[c-]c(-n5nc(CC)c(C6C(CC)=CCC[C@@H]6CC)c5CC)cc(C(C)C)c4)ccc3c3ccccc32)c1.[Pt+2]. The van der Waals surface area contributed by atoms with E-state index in [9.17, 15) is 0 Å². The van der Waals surface area contributed by atoms with Gasteiger partial charge in [0.05, 0.1) is 5.69 Å². The van der Waals surface area contributed by atoms with E-state index in [4.69, 9.17) is 14.8 Å². The van der Waals surface area contributed by atoms with Crippen LogP contribution in [0.15, 0.2) is 78.5 Å². The van der Waals surface area contributed by atoms with E-state index >= 15 is 0 Å². The second-order valence-corrected chi connectivity index (χ2v) is 14.8. The molecule has 1 aliphatic carbocycles. The molecule has 6 heteroatoms. The zero-order valence-corrected chi connectivity index (χ0v) is 34.8. The third-order valence-electron chi connectivity index (χ3n) is 11.2. The molecular weight excluding hydrogens is 832 g/mol. The van der Waals surface area contributed by atoms with E-state index in [2.05, 4.69) is 131 Å². The van der Waals surface area contributed by atoms with Gasteiger partial charge in [0.1, 0.15) is 5.82 Å². The van der Waals surface area contributed by atoms with E-state index in [-0.39, 0.29) is 21.1 Å². The fourth-order valence-corrected chi connectivity index (χ4v) is 8.44. The van der Waals surface area contributed by atoms with Crippen LogP contribution in [-0.4, -0.2) is 19.3 Å². The molecule has 2 atom stereocenters. The minimum absolute atomic E-state index is 0. The quantitative estimate of drug-likeness (QED) is 0.0857. The fourth-order valence-electron chi connectivity index (χ4n) is 8.44. The van der Waals surface area contributed by atoms with Gasteiger partial charge >= 0.3 is 21.1 Å². The molecule has 1 unspecified atom stereocenters. The molecule has 3 heterocycles. The van der Waals surface area contributed by atoms with Crippen LogP contribution in [0.5, 0.6) is 11.5 Å². The zero-order chi connectivity index (χ0) is 36.4. The summed E-state index contributed by atoms with van der Waals surface area (Å²) >= 11 is 0. The summed E-state index contributed by atoms with van der Waals surface area (Å²) in [5.41, 5.74) is 11.0. The van der Waals surface area contributed by atoms with Crippen molar-refractivity contribution in [2.24, 2.45) is 5.92 Å². The smallest absolute Gasteiger partial charge is 0.509 e. The van der Waals surface area contributed by atoms with Gasteiger partial charge in [-0.1, -0.05) is 96.7 Å². The second-order valence-electron chi connectivity index (χ2n) is 14.8. The van der Waals surface area contributed by atoms with Crippen LogP contribution < -0.4 is 4.74 Å². The first-order valence-electron chi connectivity index (χ1n) is 19.8. The molecule has 5 nitrogen and oxygen atoms in total. The maximum atomic E-state index is 6.73. The van der Waals surface area contributed by atoms with E-state index in [0.717, 1.165) is 66.4 Å². The standard InChI is InChI=1S/C47H54N4O.Pt/c1-8-13-17-32-24-25-48-45(26-32)50-43-21-15-14-20-39(43)40-23-22-37(30-44(40)50)52-38-28-35(31(6)7)27-36(29-38)51-42(12-5)47(41(11-4)49-51)46-33(9-2)18-16-19-34(46)10-3;/h14-15,18,20-28,31,34,46H,8-13,16-17,19H2,1-7H3;/q-2;+2/t34-,46?;/m0./s1. The van der Waals surface area contributed by atoms with Crippen LogP contribution in [0, 0.1) is 18.1 Å². The van der Waals surface area contributed by atoms with Gasteiger partial charge in [-0.2, -0.15) is 11.2 Å². The normalized spacial score (nSPS) is 16.0. The first-order valence-corrected chi connectivity index (χ1v) is 19.8. The van der Waals surface area contributed by atoms with Crippen molar-refractivity contribution < 1.29 is 25.8 Å². The van der Waals surface area contributed by atoms with Gasteiger partial charge in [0, 0.05) is 40.4 Å². The van der Waals surface area contributed by atoms with Crippen molar-refractivity contribution in [2.75, 3.05) is 0 Å². The van der Waals surface area contributed by atoms with Gasteiger partial charge < -0.3 is 9.30 Å². The first-order chi connectivity index (χ1) is 25.4. The summed E-state index contributed by atoms with van der Waals surface area (Å²) in [7, 11) is 0. The third kappa shape index (κ3) is 7.57. The number of unbranched alkanes of at least 4 members (excludes halogenated alkanes) is 1. The maximum Gasteiger partial charge on any atom is 2.00 e. The Balaban J connectivity index is 0.00000481. The van der Waals surface area contributed by atoms with E-state index in [1.165, 1.54) is 52.7 Å². The van der Waals surface area contributed by atoms with Gasteiger partial charge in [0.25, 0.3) is 0 Å². The molecule has 0 aliphatic heterocycles. The number of fused-ring (bicyclic) bond motifs is 3. The van der Waals surface area contributed by atoms with Gasteiger partial charge in [-0.05, 0) is 91.6 Å². The molecule has 0 radical (unpaired) electrons. The molecule has 0 amide bonds. The molecule has 278 valence electrons. The summed E-state index contributed by atoms with van der Waals surface area (Å²) in [6.07, 6.45) is 14.3. The molecule has 6 aromatic rings. The number of rotatable bonds is 13. The summed E-state index contributed by atoms with van der Waals surface area (Å²) in [5, 5.41) is 7.65. The summed E-state index contributed by atoms with van der Waals surface area (Å²) in [5.74, 6) is 3.61. The van der Waals surface area contributed by atoms with Crippen LogP contribution in [0.4, 0.5) is 0 Å². The molecule has 0 saturated carbocycles. The van der Waals surface area contributed by atoms with Crippen LogP contribution in [0.2, 0.25) is 0 Å². The number of para-hydroxylation sites is 1. The third-order valence-corrected chi connectivity index (χ3v) is 11.2. The number of allylic oxidation sites excluding steroid dienone is 2. The number of ether oxygens (including phenoxy) is 1. The molecule has 53 heavy (non-hydrogen) atoms. The van der Waals surface area contributed by atoms with Crippen molar-refractivity contribution in [3.63, 3.8) is 0 Å². The van der Waals surface area contributed by atoms with Gasteiger partial charge in [-0.15, -0.1) is 41.3 Å². The molecule has 3 aromatic heterocycles. The molecule has 0 spiro atoms. The van der Waals surface area contributed by atoms with Crippen molar-refractivity contribution in [3.05, 3.63) is 119 Å². The van der Waals surface area contributed by atoms with E-state index in [1.807, 2.05) is 12.3 Å². The van der Waals surface area contributed by atoms with Gasteiger partial charge in [-0.3, -0.25) is 4.68 Å². The molecule has 0 N–H and O–H groups in total. The molecule has 3 aromatic carbocycles. The van der Waals surface area contributed by atoms with Crippen molar-refractivity contribution in [1.29, 1.82) is 0 Å². The predicted octanol–water partition coefficient (Wildman–Crippen LogP) is 12.6. The van der Waals surface area contributed by atoms with Crippen LogP contribution in [0.25, 0.3) is 33.3 Å². The van der Waals surface area contributed by atoms with Crippen LogP contribution in [0.3, 0.4) is 0 Å². The van der Waals surface area contributed by atoms with Gasteiger partial charge in [0.15, 0.2) is 0 Å². The van der Waals surface area contributed by atoms with Crippen LogP contribution in [0.1, 0.15) is 127 Å². The monoisotopic (exact) mass is 885 g/mol. The topological polar surface area (TPSA) is 44.9 Å². The molecule has 1 aliphatic rings. The zero-order valence-electron chi connectivity index (χ0n) is 32.5. The van der Waals surface area contributed by atoms with Gasteiger partial charge in [0.2, 0.25) is 0 Å². The van der Waals surface area contributed by atoms with Crippen molar-refractivity contribution in [3.8, 4) is 23.0 Å². The summed E-state index contributed by atoms with van der Waals surface area (Å²) in [6.45, 7) is 15.9. The molecular formula is C47H54N4OPt. The van der Waals surface area contributed by atoms with Crippen molar-refractivity contribution >= 4 is 21.8 Å². The molecule has 0 bridgehead atoms. The Labute approximate surface area is 331 Å². The summed E-state index contributed by atoms with van der Waals surface area (Å²) in [6, 6.07) is 28.8. The summed E-state index contributed by atoms with van der Waals surface area (Å²) in [4.78, 5) is 4.85. The number of hydrogen-bond acceptors (Lipinski definition) is 3. The minimum atomic E-state index is 0. The second kappa shape index (κ2) is 17.0. The Hall–Kier alpha value is -3.95. The molecule has 0 saturated heterocycles. The van der Waals surface area contributed by atoms with Gasteiger partial charge in [-0.25, -0.2) is 4.98 Å². The number of hydrogen-bond donors (Lipinski definition) is 0. The Morgan fingerprint density at radius 1 is 0.887 bits per heavy atom.